The van der Waals surface area contributed by atoms with Gasteiger partial charge in [-0.3, -0.25) is 4.79 Å². The molecule has 0 aromatic heterocycles. The minimum absolute atomic E-state index is 0.392. The van der Waals surface area contributed by atoms with Crippen molar-refractivity contribution in [3.05, 3.63) is 42.5 Å². The summed E-state index contributed by atoms with van der Waals surface area (Å²) in [5.41, 5.74) is 6.86. The second-order valence-electron chi connectivity index (χ2n) is 3.04. The molecule has 0 fully saturated rings. The van der Waals surface area contributed by atoms with Crippen molar-refractivity contribution in [3.8, 4) is 0 Å². The van der Waals surface area contributed by atoms with E-state index in [9.17, 15) is 4.79 Å². The Hall–Kier alpha value is -1.77. The molecule has 0 aliphatic heterocycles. The number of anilines is 1. The van der Waals surface area contributed by atoms with Gasteiger partial charge in [-0.05, 0) is 18.1 Å². The molecule has 0 saturated carbocycles. The molecular formula is C11H13NO2. The predicted molar refractivity (Wildman–Crippen MR) is 56.0 cm³/mol. The van der Waals surface area contributed by atoms with Crippen LogP contribution in [0.2, 0.25) is 0 Å². The molecule has 0 bridgehead atoms. The molecule has 0 aliphatic rings. The fourth-order valence-electron chi connectivity index (χ4n) is 1.36. The third-order valence-corrected chi connectivity index (χ3v) is 2.07. The van der Waals surface area contributed by atoms with Crippen LogP contribution < -0.4 is 5.73 Å². The van der Waals surface area contributed by atoms with E-state index in [2.05, 4.69) is 6.58 Å². The third-order valence-electron chi connectivity index (χ3n) is 2.07. The molecule has 14 heavy (non-hydrogen) atoms. The molecule has 0 heterocycles. The van der Waals surface area contributed by atoms with E-state index >= 15 is 0 Å². The van der Waals surface area contributed by atoms with Crippen LogP contribution in [0, 0.1) is 0 Å². The minimum atomic E-state index is -0.872. The topological polar surface area (TPSA) is 63.3 Å². The van der Waals surface area contributed by atoms with Crippen molar-refractivity contribution in [1.82, 2.24) is 0 Å². The van der Waals surface area contributed by atoms with Crippen molar-refractivity contribution in [2.75, 3.05) is 5.73 Å². The maximum atomic E-state index is 10.9. The lowest BCUT2D eigenvalue weighted by atomic mass is 9.94. The van der Waals surface area contributed by atoms with Gasteiger partial charge < -0.3 is 10.8 Å². The molecule has 0 saturated heterocycles. The number of benzene rings is 1. The quantitative estimate of drug-likeness (QED) is 0.565. The number of carbonyl (C=O) groups is 1. The zero-order chi connectivity index (χ0) is 10.6. The van der Waals surface area contributed by atoms with E-state index in [0.717, 1.165) is 0 Å². The van der Waals surface area contributed by atoms with Gasteiger partial charge in [0.05, 0.1) is 5.92 Å². The van der Waals surface area contributed by atoms with E-state index in [-0.39, 0.29) is 0 Å². The number of rotatable bonds is 4. The smallest absolute Gasteiger partial charge is 0.311 e. The number of hydrogen-bond acceptors (Lipinski definition) is 2. The maximum absolute atomic E-state index is 10.9. The Morgan fingerprint density at radius 1 is 1.57 bits per heavy atom. The molecule has 1 aromatic rings. The van der Waals surface area contributed by atoms with Crippen LogP contribution in [0.15, 0.2) is 36.9 Å². The van der Waals surface area contributed by atoms with E-state index in [1.54, 1.807) is 30.3 Å². The Kier molecular flexibility index (Phi) is 3.29. The largest absolute Gasteiger partial charge is 0.481 e. The van der Waals surface area contributed by atoms with Crippen LogP contribution in [0.3, 0.4) is 0 Å². The summed E-state index contributed by atoms with van der Waals surface area (Å²) in [5, 5.41) is 8.98. The zero-order valence-corrected chi connectivity index (χ0v) is 7.81. The predicted octanol–water partition coefficient (Wildman–Crippen LogP) is 2.01. The number of allylic oxidation sites excluding steroid dienone is 1. The maximum Gasteiger partial charge on any atom is 0.311 e. The van der Waals surface area contributed by atoms with Crippen molar-refractivity contribution in [3.63, 3.8) is 0 Å². The highest BCUT2D eigenvalue weighted by atomic mass is 16.4. The summed E-state index contributed by atoms with van der Waals surface area (Å²) in [7, 11) is 0. The van der Waals surface area contributed by atoms with E-state index in [4.69, 9.17) is 10.8 Å². The summed E-state index contributed by atoms with van der Waals surface area (Å²) in [6.45, 7) is 3.53. The van der Waals surface area contributed by atoms with Crippen LogP contribution in [-0.4, -0.2) is 11.1 Å². The molecule has 1 unspecified atom stereocenters. The Morgan fingerprint density at radius 2 is 2.21 bits per heavy atom. The summed E-state index contributed by atoms with van der Waals surface area (Å²) >= 11 is 0. The van der Waals surface area contributed by atoms with Crippen LogP contribution in [-0.2, 0) is 4.79 Å². The minimum Gasteiger partial charge on any atom is -0.481 e. The van der Waals surface area contributed by atoms with Gasteiger partial charge in [-0.2, -0.15) is 0 Å². The summed E-state index contributed by atoms with van der Waals surface area (Å²) in [6.07, 6.45) is 1.98. The van der Waals surface area contributed by atoms with E-state index in [1.807, 2.05) is 0 Å². The van der Waals surface area contributed by atoms with Crippen LogP contribution in [0.25, 0.3) is 0 Å². The van der Waals surface area contributed by atoms with Crippen LogP contribution in [0.4, 0.5) is 5.69 Å². The molecule has 1 atom stereocenters. The number of para-hydroxylation sites is 1. The Balaban J connectivity index is 3.04. The highest BCUT2D eigenvalue weighted by Gasteiger charge is 2.19. The van der Waals surface area contributed by atoms with Crippen LogP contribution in [0.1, 0.15) is 17.9 Å². The number of nitrogen functional groups attached to an aromatic ring is 1. The first-order valence-electron chi connectivity index (χ1n) is 4.35. The summed E-state index contributed by atoms with van der Waals surface area (Å²) in [6, 6.07) is 7.00. The molecule has 0 aliphatic carbocycles. The van der Waals surface area contributed by atoms with Gasteiger partial charge in [-0.15, -0.1) is 6.58 Å². The molecule has 3 N–H and O–H groups in total. The monoisotopic (exact) mass is 191 g/mol. The van der Waals surface area contributed by atoms with Crippen molar-refractivity contribution in [1.29, 1.82) is 0 Å². The van der Waals surface area contributed by atoms with Gasteiger partial charge in [0.25, 0.3) is 0 Å². The van der Waals surface area contributed by atoms with Gasteiger partial charge in [0.1, 0.15) is 0 Å². The lowest BCUT2D eigenvalue weighted by Gasteiger charge is -2.12. The number of carboxylic acids is 1. The van der Waals surface area contributed by atoms with Crippen LogP contribution >= 0.6 is 0 Å². The second-order valence-corrected chi connectivity index (χ2v) is 3.04. The van der Waals surface area contributed by atoms with Crippen LogP contribution in [0.5, 0.6) is 0 Å². The van der Waals surface area contributed by atoms with Gasteiger partial charge in [0.2, 0.25) is 0 Å². The van der Waals surface area contributed by atoms with Crippen molar-refractivity contribution >= 4 is 11.7 Å². The molecule has 0 radical (unpaired) electrons. The van der Waals surface area contributed by atoms with E-state index in [1.165, 1.54) is 0 Å². The van der Waals surface area contributed by atoms with Crippen molar-refractivity contribution < 1.29 is 9.90 Å². The number of carboxylic acid groups (broad SMARTS) is 1. The first-order chi connectivity index (χ1) is 6.66. The normalized spacial score (nSPS) is 12.0. The molecule has 74 valence electrons. The average molecular weight is 191 g/mol. The summed E-state index contributed by atoms with van der Waals surface area (Å²) in [4.78, 5) is 10.9. The molecule has 0 spiro atoms. The molecule has 3 nitrogen and oxygen atoms in total. The fraction of sp³-hybridized carbons (Fsp3) is 0.182. The number of aliphatic carboxylic acids is 1. The van der Waals surface area contributed by atoms with Gasteiger partial charge in [0.15, 0.2) is 0 Å². The summed E-state index contributed by atoms with van der Waals surface area (Å²) in [5.74, 6) is -1.46. The molecule has 3 heteroatoms. The Bertz CT molecular complexity index is 347. The second kappa shape index (κ2) is 4.46. The summed E-state index contributed by atoms with van der Waals surface area (Å²) < 4.78 is 0. The van der Waals surface area contributed by atoms with Crippen molar-refractivity contribution in [2.24, 2.45) is 0 Å². The first kappa shape index (κ1) is 10.3. The third kappa shape index (κ3) is 2.13. The average Bonchev–Trinajstić information content (AvgIpc) is 2.15. The Morgan fingerprint density at radius 3 is 2.71 bits per heavy atom. The highest BCUT2D eigenvalue weighted by molar-refractivity contribution is 5.78. The first-order valence-corrected chi connectivity index (χ1v) is 4.35. The van der Waals surface area contributed by atoms with Gasteiger partial charge in [-0.1, -0.05) is 24.3 Å². The molecular weight excluding hydrogens is 178 g/mol. The standard InChI is InChI=1S/C11H13NO2/c1-2-5-9(11(13)14)8-6-3-4-7-10(8)12/h2-4,6-7,9H,1,5,12H2,(H,13,14). The fourth-order valence-corrected chi connectivity index (χ4v) is 1.36. The Labute approximate surface area is 82.9 Å². The van der Waals surface area contributed by atoms with Gasteiger partial charge in [0, 0.05) is 5.69 Å². The zero-order valence-electron chi connectivity index (χ0n) is 7.81. The molecule has 1 aromatic carbocycles. The van der Waals surface area contributed by atoms with E-state index < -0.39 is 11.9 Å². The lowest BCUT2D eigenvalue weighted by Crippen LogP contribution is -2.12. The highest BCUT2D eigenvalue weighted by Crippen LogP contribution is 2.25. The van der Waals surface area contributed by atoms with Crippen molar-refractivity contribution in [2.45, 2.75) is 12.3 Å². The van der Waals surface area contributed by atoms with Gasteiger partial charge >= 0.3 is 5.97 Å². The molecule has 0 amide bonds. The number of hydrogen-bond donors (Lipinski definition) is 2. The van der Waals surface area contributed by atoms with Gasteiger partial charge in [-0.25, -0.2) is 0 Å². The lowest BCUT2D eigenvalue weighted by molar-refractivity contribution is -0.138. The number of nitrogens with two attached hydrogens (primary N) is 1. The SMILES string of the molecule is C=CCC(C(=O)O)c1ccccc1N. The van der Waals surface area contributed by atoms with E-state index in [0.29, 0.717) is 17.7 Å². The molecule has 1 rings (SSSR count).